The van der Waals surface area contributed by atoms with Crippen molar-refractivity contribution in [1.29, 1.82) is 0 Å². The first-order valence-electron chi connectivity index (χ1n) is 7.52. The summed E-state index contributed by atoms with van der Waals surface area (Å²) in [7, 11) is 0. The van der Waals surface area contributed by atoms with Crippen LogP contribution < -0.4 is 5.32 Å². The van der Waals surface area contributed by atoms with E-state index in [1.54, 1.807) is 0 Å². The first kappa shape index (κ1) is 14.3. The fraction of sp³-hybridized carbons (Fsp3) is 0.222. The minimum atomic E-state index is 0.0352. The number of aromatic nitrogens is 1. The number of hydrogen-bond donors (Lipinski definition) is 1. The van der Waals surface area contributed by atoms with Crippen LogP contribution >= 0.6 is 0 Å². The highest BCUT2D eigenvalue weighted by Gasteiger charge is 2.09. The molecule has 22 heavy (non-hydrogen) atoms. The minimum Gasteiger partial charge on any atom is -0.436 e. The van der Waals surface area contributed by atoms with E-state index in [1.807, 2.05) is 48.5 Å². The van der Waals surface area contributed by atoms with Gasteiger partial charge >= 0.3 is 0 Å². The molecular weight excluding hydrogens is 276 g/mol. The highest BCUT2D eigenvalue weighted by Crippen LogP contribution is 2.26. The molecule has 1 heterocycles. The molecule has 1 N–H and O–H groups in total. The molecule has 0 fully saturated rings. The lowest BCUT2D eigenvalue weighted by Crippen LogP contribution is -2.10. The van der Waals surface area contributed by atoms with Gasteiger partial charge in [-0.2, -0.15) is 0 Å². The van der Waals surface area contributed by atoms with Crippen molar-refractivity contribution in [1.82, 2.24) is 4.98 Å². The van der Waals surface area contributed by atoms with E-state index in [4.69, 9.17) is 4.42 Å². The van der Waals surface area contributed by atoms with Crippen LogP contribution in [0.1, 0.15) is 26.2 Å². The molecule has 4 heteroatoms. The van der Waals surface area contributed by atoms with Gasteiger partial charge in [0.2, 0.25) is 11.8 Å². The molecule has 3 rings (SSSR count). The molecule has 0 aliphatic rings. The summed E-state index contributed by atoms with van der Waals surface area (Å²) >= 11 is 0. The van der Waals surface area contributed by atoms with E-state index in [-0.39, 0.29) is 5.91 Å². The zero-order valence-electron chi connectivity index (χ0n) is 12.5. The molecule has 0 aliphatic carbocycles. The fourth-order valence-corrected chi connectivity index (χ4v) is 2.27. The van der Waals surface area contributed by atoms with Crippen molar-refractivity contribution in [3.63, 3.8) is 0 Å². The van der Waals surface area contributed by atoms with Gasteiger partial charge in [-0.3, -0.25) is 4.79 Å². The SMILES string of the molecule is CCCCC(=O)Nc1ccc2oc(-c3ccccc3)nc2c1. The molecule has 0 aliphatic heterocycles. The molecule has 1 aromatic heterocycles. The molecule has 0 spiro atoms. The van der Waals surface area contributed by atoms with E-state index in [9.17, 15) is 4.79 Å². The number of nitrogens with zero attached hydrogens (tertiary/aromatic N) is 1. The number of rotatable bonds is 5. The largest absolute Gasteiger partial charge is 0.436 e. The molecule has 2 aromatic carbocycles. The Morgan fingerprint density at radius 2 is 2.00 bits per heavy atom. The van der Waals surface area contributed by atoms with Crippen LogP contribution in [-0.4, -0.2) is 10.9 Å². The average Bonchev–Trinajstić information content (AvgIpc) is 2.97. The van der Waals surface area contributed by atoms with Crippen molar-refractivity contribution in [3.8, 4) is 11.5 Å². The van der Waals surface area contributed by atoms with Gasteiger partial charge in [-0.05, 0) is 36.8 Å². The van der Waals surface area contributed by atoms with Crippen LogP contribution in [0.2, 0.25) is 0 Å². The van der Waals surface area contributed by atoms with Crippen molar-refractivity contribution < 1.29 is 9.21 Å². The van der Waals surface area contributed by atoms with Crippen LogP contribution in [0, 0.1) is 0 Å². The smallest absolute Gasteiger partial charge is 0.227 e. The van der Waals surface area contributed by atoms with Crippen molar-refractivity contribution in [2.45, 2.75) is 26.2 Å². The van der Waals surface area contributed by atoms with Crippen LogP contribution in [0.25, 0.3) is 22.6 Å². The van der Waals surface area contributed by atoms with Crippen LogP contribution in [-0.2, 0) is 4.79 Å². The van der Waals surface area contributed by atoms with E-state index < -0.39 is 0 Å². The molecule has 0 unspecified atom stereocenters. The Hall–Kier alpha value is -2.62. The monoisotopic (exact) mass is 294 g/mol. The number of oxazole rings is 1. The van der Waals surface area contributed by atoms with Gasteiger partial charge in [0.1, 0.15) is 5.52 Å². The molecule has 4 nitrogen and oxygen atoms in total. The average molecular weight is 294 g/mol. The maximum absolute atomic E-state index is 11.8. The van der Waals surface area contributed by atoms with Crippen molar-refractivity contribution in [2.24, 2.45) is 0 Å². The first-order valence-corrected chi connectivity index (χ1v) is 7.52. The Morgan fingerprint density at radius 3 is 2.77 bits per heavy atom. The highest BCUT2D eigenvalue weighted by molar-refractivity contribution is 5.93. The third-order valence-electron chi connectivity index (χ3n) is 3.45. The van der Waals surface area contributed by atoms with Crippen LogP contribution in [0.3, 0.4) is 0 Å². The number of carbonyl (C=O) groups excluding carboxylic acids is 1. The fourth-order valence-electron chi connectivity index (χ4n) is 2.27. The zero-order chi connectivity index (χ0) is 15.4. The van der Waals surface area contributed by atoms with Crippen molar-refractivity contribution in [2.75, 3.05) is 5.32 Å². The Bertz CT molecular complexity index is 778. The number of hydrogen-bond acceptors (Lipinski definition) is 3. The van der Waals surface area contributed by atoms with Gasteiger partial charge in [-0.15, -0.1) is 0 Å². The van der Waals surface area contributed by atoms with Gasteiger partial charge in [0, 0.05) is 17.7 Å². The van der Waals surface area contributed by atoms with E-state index >= 15 is 0 Å². The van der Waals surface area contributed by atoms with E-state index in [2.05, 4.69) is 17.2 Å². The lowest BCUT2D eigenvalue weighted by atomic mass is 10.2. The summed E-state index contributed by atoms with van der Waals surface area (Å²) in [6.45, 7) is 2.07. The van der Waals surface area contributed by atoms with Crippen molar-refractivity contribution in [3.05, 3.63) is 48.5 Å². The predicted octanol–water partition coefficient (Wildman–Crippen LogP) is 4.62. The van der Waals surface area contributed by atoms with E-state index in [1.165, 1.54) is 0 Å². The second-order valence-electron chi connectivity index (χ2n) is 5.22. The molecule has 1 amide bonds. The molecular formula is C18H18N2O2. The van der Waals surface area contributed by atoms with Gasteiger partial charge in [0.15, 0.2) is 5.58 Å². The Morgan fingerprint density at radius 1 is 1.18 bits per heavy atom. The van der Waals surface area contributed by atoms with Gasteiger partial charge in [0.25, 0.3) is 0 Å². The van der Waals surface area contributed by atoms with Gasteiger partial charge < -0.3 is 9.73 Å². The molecule has 0 saturated carbocycles. The number of nitrogens with one attached hydrogen (secondary N) is 1. The van der Waals surface area contributed by atoms with E-state index in [0.717, 1.165) is 29.6 Å². The van der Waals surface area contributed by atoms with Crippen molar-refractivity contribution >= 4 is 22.7 Å². The minimum absolute atomic E-state index is 0.0352. The Balaban J connectivity index is 1.83. The second-order valence-corrected chi connectivity index (χ2v) is 5.22. The summed E-state index contributed by atoms with van der Waals surface area (Å²) in [6, 6.07) is 15.3. The van der Waals surface area contributed by atoms with Gasteiger partial charge in [0.05, 0.1) is 0 Å². The van der Waals surface area contributed by atoms with Gasteiger partial charge in [-0.25, -0.2) is 4.98 Å². The topological polar surface area (TPSA) is 55.1 Å². The molecule has 0 saturated heterocycles. The lowest BCUT2D eigenvalue weighted by Gasteiger charge is -2.03. The molecule has 0 radical (unpaired) electrons. The van der Waals surface area contributed by atoms with Crippen LogP contribution in [0.5, 0.6) is 0 Å². The Labute approximate surface area is 129 Å². The quantitative estimate of drug-likeness (QED) is 0.746. The summed E-state index contributed by atoms with van der Waals surface area (Å²) in [4.78, 5) is 16.3. The van der Waals surface area contributed by atoms with Crippen LogP contribution in [0.15, 0.2) is 52.9 Å². The summed E-state index contributed by atoms with van der Waals surface area (Å²) in [5, 5.41) is 2.90. The Kier molecular flexibility index (Phi) is 4.19. The number of unbranched alkanes of at least 4 members (excludes halogenated alkanes) is 1. The molecule has 0 atom stereocenters. The summed E-state index contributed by atoms with van der Waals surface area (Å²) < 4.78 is 5.76. The third kappa shape index (κ3) is 3.17. The first-order chi connectivity index (χ1) is 10.8. The lowest BCUT2D eigenvalue weighted by molar-refractivity contribution is -0.116. The number of fused-ring (bicyclic) bond motifs is 1. The standard InChI is InChI=1S/C18H18N2O2/c1-2-3-9-17(21)19-14-10-11-16-15(12-14)20-18(22-16)13-7-5-4-6-8-13/h4-8,10-12H,2-3,9H2,1H3,(H,19,21). The molecule has 0 bridgehead atoms. The number of benzene rings is 2. The maximum atomic E-state index is 11.8. The predicted molar refractivity (Wildman–Crippen MR) is 87.6 cm³/mol. The third-order valence-corrected chi connectivity index (χ3v) is 3.45. The second kappa shape index (κ2) is 6.43. The van der Waals surface area contributed by atoms with Gasteiger partial charge in [-0.1, -0.05) is 31.5 Å². The number of amides is 1. The maximum Gasteiger partial charge on any atom is 0.227 e. The normalized spacial score (nSPS) is 10.8. The summed E-state index contributed by atoms with van der Waals surface area (Å²) in [6.07, 6.45) is 2.45. The summed E-state index contributed by atoms with van der Waals surface area (Å²) in [5.41, 5.74) is 3.14. The zero-order valence-corrected chi connectivity index (χ0v) is 12.5. The van der Waals surface area contributed by atoms with E-state index in [0.29, 0.717) is 17.9 Å². The number of carbonyl (C=O) groups is 1. The highest BCUT2D eigenvalue weighted by atomic mass is 16.3. The summed E-state index contributed by atoms with van der Waals surface area (Å²) in [5.74, 6) is 0.623. The molecule has 3 aromatic rings. The van der Waals surface area contributed by atoms with Crippen LogP contribution in [0.4, 0.5) is 5.69 Å². The molecule has 112 valence electrons. The number of anilines is 1.